The molecule has 0 spiro atoms. The monoisotopic (exact) mass is 224 g/mol. The molecule has 1 unspecified atom stereocenters. The minimum atomic E-state index is -0.0787. The molecule has 0 aliphatic rings. The van der Waals surface area contributed by atoms with Crippen LogP contribution in [-0.4, -0.2) is 17.8 Å². The second kappa shape index (κ2) is 6.54. The zero-order chi connectivity index (χ0) is 11.1. The van der Waals surface area contributed by atoms with Gasteiger partial charge in [-0.1, -0.05) is 0 Å². The van der Waals surface area contributed by atoms with E-state index in [1.54, 1.807) is 18.0 Å². The van der Waals surface area contributed by atoms with Crippen LogP contribution in [0.5, 0.6) is 0 Å². The highest BCUT2D eigenvalue weighted by atomic mass is 32.2. The molecular weight excluding hydrogens is 208 g/mol. The van der Waals surface area contributed by atoms with Gasteiger partial charge in [0.15, 0.2) is 0 Å². The maximum absolute atomic E-state index is 8.88. The molecule has 0 saturated heterocycles. The molecule has 0 bridgehead atoms. The van der Waals surface area contributed by atoms with Gasteiger partial charge in [0.1, 0.15) is 11.8 Å². The van der Waals surface area contributed by atoms with Gasteiger partial charge in [0.05, 0.1) is 18.1 Å². The summed E-state index contributed by atoms with van der Waals surface area (Å²) in [4.78, 5) is 0. The Balaban J connectivity index is 2.21. The summed E-state index contributed by atoms with van der Waals surface area (Å²) in [6.07, 6.45) is 1.67. The Kier molecular flexibility index (Phi) is 5.30. The normalized spacial score (nSPS) is 12.7. The lowest BCUT2D eigenvalue weighted by Gasteiger charge is -2.13. The van der Waals surface area contributed by atoms with E-state index >= 15 is 0 Å². The molecule has 1 heterocycles. The first-order chi connectivity index (χ1) is 7.22. The van der Waals surface area contributed by atoms with Crippen molar-refractivity contribution in [2.75, 3.05) is 5.75 Å². The summed E-state index contributed by atoms with van der Waals surface area (Å²) in [5.41, 5.74) is 0. The van der Waals surface area contributed by atoms with Crippen LogP contribution in [0.1, 0.15) is 19.6 Å². The average molecular weight is 224 g/mol. The Hall–Kier alpha value is -0.920. The molecule has 0 aliphatic heterocycles. The first kappa shape index (κ1) is 12.2. The molecular formula is C11H16N2OS. The molecule has 82 valence electrons. The van der Waals surface area contributed by atoms with E-state index in [-0.39, 0.29) is 6.04 Å². The second-order valence-corrected chi connectivity index (χ2v) is 4.63. The summed E-state index contributed by atoms with van der Waals surface area (Å²) in [5, 5.41) is 12.1. The largest absolute Gasteiger partial charge is 0.468 e. The van der Waals surface area contributed by atoms with E-state index < -0.39 is 0 Å². The van der Waals surface area contributed by atoms with Crippen LogP contribution in [0.4, 0.5) is 0 Å². The van der Waals surface area contributed by atoms with E-state index in [4.69, 9.17) is 9.68 Å². The third kappa shape index (κ3) is 4.91. The molecule has 1 aromatic rings. The fourth-order valence-corrected chi connectivity index (χ4v) is 2.09. The summed E-state index contributed by atoms with van der Waals surface area (Å²) >= 11 is 1.71. The van der Waals surface area contributed by atoms with Crippen molar-refractivity contribution in [3.05, 3.63) is 24.2 Å². The summed E-state index contributed by atoms with van der Waals surface area (Å²) in [6, 6.07) is 6.35. The van der Waals surface area contributed by atoms with Crippen molar-refractivity contribution in [2.24, 2.45) is 0 Å². The van der Waals surface area contributed by atoms with E-state index in [9.17, 15) is 0 Å². The molecule has 0 aliphatic carbocycles. The van der Waals surface area contributed by atoms with Crippen molar-refractivity contribution in [1.29, 1.82) is 5.26 Å². The Bertz CT molecular complexity index is 303. The lowest BCUT2D eigenvalue weighted by atomic mass is 10.3. The van der Waals surface area contributed by atoms with E-state index in [2.05, 4.69) is 11.4 Å². The maximum atomic E-state index is 8.88. The van der Waals surface area contributed by atoms with E-state index in [1.165, 1.54) is 0 Å². The molecule has 1 atom stereocenters. The van der Waals surface area contributed by atoms with Gasteiger partial charge in [0, 0.05) is 11.8 Å². The zero-order valence-electron chi connectivity index (χ0n) is 9.06. The number of nitriles is 1. The molecule has 1 aromatic heterocycles. The highest BCUT2D eigenvalue weighted by molar-refractivity contribution is 7.98. The highest BCUT2D eigenvalue weighted by Crippen LogP contribution is 2.13. The Labute approximate surface area is 94.8 Å². The Morgan fingerprint density at radius 2 is 2.40 bits per heavy atom. The smallest absolute Gasteiger partial charge is 0.113 e. The lowest BCUT2D eigenvalue weighted by molar-refractivity contribution is 0.529. The molecule has 0 fully saturated rings. The predicted octanol–water partition coefficient (Wildman–Crippen LogP) is 2.40. The number of rotatable bonds is 6. The van der Waals surface area contributed by atoms with Crippen molar-refractivity contribution >= 4 is 11.8 Å². The van der Waals surface area contributed by atoms with Gasteiger partial charge < -0.3 is 4.42 Å². The molecule has 0 aromatic carbocycles. The maximum Gasteiger partial charge on any atom is 0.113 e. The van der Waals surface area contributed by atoms with Crippen LogP contribution in [-0.2, 0) is 5.75 Å². The quantitative estimate of drug-likeness (QED) is 0.806. The fourth-order valence-electron chi connectivity index (χ4n) is 1.20. The molecule has 4 heteroatoms. The van der Waals surface area contributed by atoms with Gasteiger partial charge in [-0.05, 0) is 26.0 Å². The van der Waals surface area contributed by atoms with Crippen LogP contribution in [0.15, 0.2) is 22.8 Å². The van der Waals surface area contributed by atoms with Gasteiger partial charge in [-0.2, -0.15) is 17.0 Å². The number of thioether (sulfide) groups is 1. The average Bonchev–Trinajstić information content (AvgIpc) is 2.68. The van der Waals surface area contributed by atoms with Crippen molar-refractivity contribution in [2.45, 2.75) is 31.7 Å². The second-order valence-electron chi connectivity index (χ2n) is 3.60. The minimum absolute atomic E-state index is 0.0787. The predicted molar refractivity (Wildman–Crippen MR) is 62.5 cm³/mol. The minimum Gasteiger partial charge on any atom is -0.468 e. The van der Waals surface area contributed by atoms with E-state index in [0.29, 0.717) is 6.04 Å². The third-order valence-corrected chi connectivity index (χ3v) is 2.86. The van der Waals surface area contributed by atoms with Crippen LogP contribution in [0, 0.1) is 11.3 Å². The molecule has 1 N–H and O–H groups in total. The topological polar surface area (TPSA) is 49.0 Å². The summed E-state index contributed by atoms with van der Waals surface area (Å²) in [6.45, 7) is 4.09. The summed E-state index contributed by atoms with van der Waals surface area (Å²) in [5.74, 6) is 2.57. The van der Waals surface area contributed by atoms with Crippen molar-refractivity contribution in [1.82, 2.24) is 5.32 Å². The van der Waals surface area contributed by atoms with Gasteiger partial charge in [-0.25, -0.2) is 0 Å². The highest BCUT2D eigenvalue weighted by Gasteiger charge is 2.08. The van der Waals surface area contributed by atoms with Gasteiger partial charge in [0.25, 0.3) is 0 Å². The number of hydrogen-bond acceptors (Lipinski definition) is 4. The van der Waals surface area contributed by atoms with Crippen molar-refractivity contribution < 1.29 is 4.42 Å². The molecule has 3 nitrogen and oxygen atoms in total. The van der Waals surface area contributed by atoms with Crippen LogP contribution in [0.3, 0.4) is 0 Å². The summed E-state index contributed by atoms with van der Waals surface area (Å²) < 4.78 is 5.21. The fraction of sp³-hybridized carbons (Fsp3) is 0.545. The first-order valence-corrected chi connectivity index (χ1v) is 6.13. The Morgan fingerprint density at radius 1 is 1.60 bits per heavy atom. The number of hydrogen-bond donors (Lipinski definition) is 1. The Morgan fingerprint density at radius 3 is 2.93 bits per heavy atom. The van der Waals surface area contributed by atoms with Crippen LogP contribution in [0.25, 0.3) is 0 Å². The molecule has 1 rings (SSSR count). The van der Waals surface area contributed by atoms with E-state index in [0.717, 1.165) is 17.3 Å². The number of nitrogens with zero attached hydrogens (tertiary/aromatic N) is 1. The van der Waals surface area contributed by atoms with Crippen LogP contribution >= 0.6 is 11.8 Å². The summed E-state index contributed by atoms with van der Waals surface area (Å²) in [7, 11) is 0. The first-order valence-electron chi connectivity index (χ1n) is 4.98. The number of nitrogens with one attached hydrogen (secondary N) is 1. The third-order valence-electron chi connectivity index (χ3n) is 1.80. The van der Waals surface area contributed by atoms with Gasteiger partial charge >= 0.3 is 0 Å². The van der Waals surface area contributed by atoms with Gasteiger partial charge in [-0.3, -0.25) is 5.32 Å². The molecule has 0 saturated carbocycles. The zero-order valence-corrected chi connectivity index (χ0v) is 9.88. The van der Waals surface area contributed by atoms with Crippen LogP contribution < -0.4 is 5.32 Å². The van der Waals surface area contributed by atoms with Gasteiger partial charge in [0.2, 0.25) is 0 Å². The standard InChI is InChI=1S/C11H16N2OS/c1-9(2)13-10(6-12)7-15-8-11-4-3-5-14-11/h3-5,9-10,13H,7-8H2,1-2H3. The molecule has 0 radical (unpaired) electrons. The molecule has 15 heavy (non-hydrogen) atoms. The SMILES string of the molecule is CC(C)NC(C#N)CSCc1ccco1. The lowest BCUT2D eigenvalue weighted by Crippen LogP contribution is -2.35. The van der Waals surface area contributed by atoms with E-state index in [1.807, 2.05) is 26.0 Å². The van der Waals surface area contributed by atoms with Crippen molar-refractivity contribution in [3.63, 3.8) is 0 Å². The number of furan rings is 1. The van der Waals surface area contributed by atoms with Crippen molar-refractivity contribution in [3.8, 4) is 6.07 Å². The molecule has 0 amide bonds. The van der Waals surface area contributed by atoms with Gasteiger partial charge in [-0.15, -0.1) is 0 Å². The van der Waals surface area contributed by atoms with Crippen LogP contribution in [0.2, 0.25) is 0 Å².